The molecule has 0 aliphatic carbocycles. The molecule has 0 unspecified atom stereocenters. The Hall–Kier alpha value is -1.10. The highest BCUT2D eigenvalue weighted by Gasteiger charge is 2.14. The van der Waals surface area contributed by atoms with Crippen LogP contribution in [0, 0.1) is 0 Å². The maximum Gasteiger partial charge on any atom is 0.321 e. The summed E-state index contributed by atoms with van der Waals surface area (Å²) in [5, 5.41) is 16.4. The number of hydrogen-bond acceptors (Lipinski definition) is 3. The van der Waals surface area contributed by atoms with Crippen LogP contribution in [-0.2, 0) is 9.59 Å². The van der Waals surface area contributed by atoms with Crippen molar-refractivity contribution in [1.29, 1.82) is 0 Å². The van der Waals surface area contributed by atoms with Gasteiger partial charge in [0.2, 0.25) is 0 Å². The van der Waals surface area contributed by atoms with Gasteiger partial charge in [-0.1, -0.05) is 0 Å². The Kier molecular flexibility index (Phi) is 1.29. The maximum atomic E-state index is 10.2. The van der Waals surface area contributed by atoms with Crippen LogP contribution in [0.3, 0.4) is 0 Å². The van der Waals surface area contributed by atoms with Crippen molar-refractivity contribution in [1.82, 2.24) is 0 Å². The van der Waals surface area contributed by atoms with Crippen LogP contribution in [0.25, 0.3) is 0 Å². The second-order valence-corrected chi connectivity index (χ2v) is 1.15. The van der Waals surface area contributed by atoms with E-state index in [0.29, 0.717) is 0 Å². The minimum Gasteiger partial charge on any atom is -0.481 e. The zero-order valence-corrected chi connectivity index (χ0v) is 4.29. The van der Waals surface area contributed by atoms with Gasteiger partial charge in [-0.25, -0.2) is 0 Å². The fourth-order valence-corrected chi connectivity index (χ4v) is 0.169. The largest absolute Gasteiger partial charge is 0.481 e. The second-order valence-electron chi connectivity index (χ2n) is 1.15. The highest BCUT2D eigenvalue weighted by Crippen LogP contribution is 1.86. The Morgan fingerprint density at radius 1 is 1.78 bits per heavy atom. The molecule has 0 saturated carbocycles. The summed E-state index contributed by atoms with van der Waals surface area (Å²) in [6, 6.07) is -3.18. The van der Waals surface area contributed by atoms with Gasteiger partial charge in [0.25, 0.3) is 0 Å². The third kappa shape index (κ3) is 3.48. The van der Waals surface area contributed by atoms with Crippen LogP contribution < -0.4 is 5.73 Å². The molecule has 4 N–H and O–H groups in total. The van der Waals surface area contributed by atoms with Crippen LogP contribution in [-0.4, -0.2) is 28.2 Å². The molecule has 0 radical (unpaired) electrons. The number of aliphatic carboxylic acids is 2. The topological polar surface area (TPSA) is 101 Å². The van der Waals surface area contributed by atoms with Gasteiger partial charge in [0.15, 0.2) is 0 Å². The van der Waals surface area contributed by atoms with Crippen molar-refractivity contribution in [3.05, 3.63) is 0 Å². The molecule has 0 saturated heterocycles. The summed E-state index contributed by atoms with van der Waals surface area (Å²) >= 11 is 0. The molecule has 5 nitrogen and oxygen atoms in total. The zero-order chi connectivity index (χ0) is 10.2. The zero-order valence-electron chi connectivity index (χ0n) is 7.29. The Morgan fingerprint density at radius 3 is 2.33 bits per heavy atom. The first-order valence-electron chi connectivity index (χ1n) is 3.39. The molecule has 1 atom stereocenters. The minimum atomic E-state index is -3.32. The van der Waals surface area contributed by atoms with Crippen molar-refractivity contribution < 1.29 is 23.9 Å². The van der Waals surface area contributed by atoms with E-state index in [4.69, 9.17) is 14.3 Å². The van der Waals surface area contributed by atoms with Gasteiger partial charge in [0.05, 0.1) is 7.74 Å². The molecule has 0 bridgehead atoms. The van der Waals surface area contributed by atoms with E-state index in [9.17, 15) is 9.59 Å². The molecule has 9 heavy (non-hydrogen) atoms. The molecule has 52 valence electrons. The summed E-state index contributed by atoms with van der Waals surface area (Å²) in [4.78, 5) is 20.3. The van der Waals surface area contributed by atoms with Crippen LogP contribution in [0.1, 0.15) is 10.5 Å². The van der Waals surface area contributed by atoms with Crippen molar-refractivity contribution >= 4 is 11.9 Å². The fraction of sp³-hybridized carbons (Fsp3) is 0.500. The molecule has 0 aliphatic rings. The molecule has 0 aromatic carbocycles. The third-order valence-corrected chi connectivity index (χ3v) is 0.472. The Bertz CT molecular complexity index is 202. The normalized spacial score (nSPS) is 22.6. The predicted molar refractivity (Wildman–Crippen MR) is 27.9 cm³/mol. The fourth-order valence-electron chi connectivity index (χ4n) is 0.169. The van der Waals surface area contributed by atoms with E-state index in [1.807, 2.05) is 0 Å². The predicted octanol–water partition coefficient (Wildman–Crippen LogP) is -1.13. The third-order valence-electron chi connectivity index (χ3n) is 0.472. The number of carboxylic acids is 2. The Labute approximate surface area is 55.3 Å². The molecule has 0 amide bonds. The van der Waals surface area contributed by atoms with Crippen molar-refractivity contribution in [3.8, 4) is 0 Å². The maximum absolute atomic E-state index is 10.2. The highest BCUT2D eigenvalue weighted by molar-refractivity contribution is 5.80. The van der Waals surface area contributed by atoms with Crippen LogP contribution in [0.5, 0.6) is 0 Å². The van der Waals surface area contributed by atoms with E-state index in [1.165, 1.54) is 0 Å². The van der Waals surface area contributed by atoms with Gasteiger partial charge < -0.3 is 15.9 Å². The van der Waals surface area contributed by atoms with E-state index >= 15 is 0 Å². The van der Waals surface area contributed by atoms with Gasteiger partial charge in [0.1, 0.15) is 6.02 Å². The highest BCUT2D eigenvalue weighted by atomic mass is 16.4. The van der Waals surface area contributed by atoms with E-state index in [2.05, 4.69) is 5.73 Å². The van der Waals surface area contributed by atoms with E-state index in [-0.39, 0.29) is 0 Å². The second kappa shape index (κ2) is 3.03. The number of carboxylic acid groups (broad SMARTS) is 2. The van der Waals surface area contributed by atoms with Gasteiger partial charge in [-0.2, -0.15) is 0 Å². The molecule has 0 rings (SSSR count). The molecule has 0 spiro atoms. The molecule has 5 heteroatoms. The lowest BCUT2D eigenvalue weighted by molar-refractivity contribution is -0.144. The monoisotopic (exact) mass is 139 g/mol. The average molecular weight is 139 g/mol. The molecule has 0 heterocycles. The van der Waals surface area contributed by atoms with Crippen LogP contribution in [0.2, 0.25) is 0 Å². The molecular formula is C4H7NO4. The van der Waals surface area contributed by atoms with Gasteiger partial charge >= 0.3 is 11.9 Å². The standard InChI is InChI=1S/C4H7NO4/c5-2(4(8)9)1-3(6)7/h2H,1,5H2,(H,6,7)(H,8,9)/t2-/m0/s1/i1T2,2T. The lowest BCUT2D eigenvalue weighted by atomic mass is 10.2. The van der Waals surface area contributed by atoms with E-state index < -0.39 is 24.3 Å². The lowest BCUT2D eigenvalue weighted by Crippen LogP contribution is -2.32. The van der Waals surface area contributed by atoms with Gasteiger partial charge in [-0.3, -0.25) is 9.59 Å². The van der Waals surface area contributed by atoms with Gasteiger partial charge in [0, 0.05) is 2.74 Å². The summed E-state index contributed by atoms with van der Waals surface area (Å²) in [6.45, 7) is 0. The number of rotatable bonds is 3. The van der Waals surface area contributed by atoms with Crippen LogP contribution in [0.15, 0.2) is 0 Å². The first-order chi connectivity index (χ1) is 5.14. The summed E-state index contributed by atoms with van der Waals surface area (Å²) in [5.41, 5.74) is 4.65. The van der Waals surface area contributed by atoms with E-state index in [1.54, 1.807) is 0 Å². The summed E-state index contributed by atoms with van der Waals surface area (Å²) in [7, 11) is 0. The molecule has 0 aromatic rings. The van der Waals surface area contributed by atoms with Crippen molar-refractivity contribution in [3.63, 3.8) is 0 Å². The summed E-state index contributed by atoms with van der Waals surface area (Å²) < 4.78 is 20.1. The van der Waals surface area contributed by atoms with Crippen LogP contribution in [0.4, 0.5) is 0 Å². The first-order valence-corrected chi connectivity index (χ1v) is 1.89. The van der Waals surface area contributed by atoms with E-state index in [0.717, 1.165) is 0 Å². The minimum absolute atomic E-state index is 2.03. The average Bonchev–Trinajstić information content (AvgIpc) is 1.86. The summed E-state index contributed by atoms with van der Waals surface area (Å²) in [5.74, 6) is -4.11. The Morgan fingerprint density at radius 2 is 2.22 bits per heavy atom. The quantitative estimate of drug-likeness (QED) is 0.459. The number of carbonyl (C=O) groups is 2. The van der Waals surface area contributed by atoms with Crippen LogP contribution >= 0.6 is 0 Å². The Balaban J connectivity index is 5.01. The summed E-state index contributed by atoms with van der Waals surface area (Å²) in [6.07, 6.45) is -3.32. The van der Waals surface area contributed by atoms with Crippen molar-refractivity contribution in [2.75, 3.05) is 0 Å². The van der Waals surface area contributed by atoms with Gasteiger partial charge in [-0.15, -0.1) is 0 Å². The van der Waals surface area contributed by atoms with Crippen molar-refractivity contribution in [2.45, 2.75) is 12.4 Å². The smallest absolute Gasteiger partial charge is 0.321 e. The number of hydrogen-bond donors (Lipinski definition) is 3. The first kappa shape index (κ1) is 3.84. The molecule has 0 aliphatic heterocycles. The van der Waals surface area contributed by atoms with Gasteiger partial charge in [-0.05, 0) is 0 Å². The molecular weight excluding hydrogens is 126 g/mol. The van der Waals surface area contributed by atoms with Crippen molar-refractivity contribution in [2.24, 2.45) is 5.73 Å². The molecule has 0 aromatic heterocycles. The number of nitrogens with two attached hydrogens (primary N) is 1. The lowest BCUT2D eigenvalue weighted by Gasteiger charge is -1.99. The molecule has 0 fully saturated rings. The SMILES string of the molecule is [3H]C([3H])(C(=O)O)[C@]([3H])(N)C(=O)O.